The molecule has 0 aliphatic heterocycles. The molecular weight excluding hydrogens is 813 g/mol. The Hall–Kier alpha value is -4.23. The number of amides is 2. The van der Waals surface area contributed by atoms with Crippen LogP contribution in [0, 0.1) is 11.8 Å². The molecule has 1 aromatic heterocycles. The summed E-state index contributed by atoms with van der Waals surface area (Å²) < 4.78 is 0.618. The summed E-state index contributed by atoms with van der Waals surface area (Å²) in [4.78, 5) is 56.2. The zero-order valence-corrected chi connectivity index (χ0v) is 33.9. The summed E-state index contributed by atoms with van der Waals surface area (Å²) >= 11 is 0.339. The van der Waals surface area contributed by atoms with Crippen molar-refractivity contribution in [3.05, 3.63) is 111 Å². The van der Waals surface area contributed by atoms with Gasteiger partial charge in [-0.25, -0.2) is 4.79 Å². The molecule has 11 heteroatoms. The van der Waals surface area contributed by atoms with Crippen LogP contribution in [0.25, 0.3) is 0 Å². The number of aromatic carboxylic acids is 1. The van der Waals surface area contributed by atoms with Crippen LogP contribution in [0.2, 0.25) is 0 Å². The molecule has 2 amide bonds. The van der Waals surface area contributed by atoms with Gasteiger partial charge in [-0.3, -0.25) is 0 Å². The van der Waals surface area contributed by atoms with E-state index < -0.39 is 31.8 Å². The Morgan fingerprint density at radius 2 is 1.50 bits per heavy atom. The number of fused-ring (bicyclic) bond motifs is 1. The number of aryl methyl sites for hydroxylation is 1. The number of halogens is 1. The Morgan fingerprint density at radius 3 is 2.19 bits per heavy atom. The van der Waals surface area contributed by atoms with Crippen LogP contribution in [-0.2, 0) is 30.6 Å². The van der Waals surface area contributed by atoms with E-state index in [1.54, 1.807) is 24.3 Å². The van der Waals surface area contributed by atoms with Crippen LogP contribution >= 0.6 is 31.2 Å². The summed E-state index contributed by atoms with van der Waals surface area (Å²) in [7, 11) is 0. The normalized spacial score (nSPS) is 17.5. The Bertz CT molecular complexity index is 1950. The van der Waals surface area contributed by atoms with Crippen molar-refractivity contribution in [3.63, 3.8) is 0 Å². The van der Waals surface area contributed by atoms with E-state index in [1.165, 1.54) is 11.3 Å². The molecule has 0 bridgehead atoms. The number of hydrogen-bond acceptors (Lipinski definition) is 6. The number of carbonyl (C=O) groups is 4. The van der Waals surface area contributed by atoms with Crippen molar-refractivity contribution in [1.29, 1.82) is 0 Å². The second kappa shape index (κ2) is 18.4. The van der Waals surface area contributed by atoms with Gasteiger partial charge >= 0.3 is 243 Å². The first kappa shape index (κ1) is 39.5. The van der Waals surface area contributed by atoms with Gasteiger partial charge < -0.3 is 10.4 Å². The molecule has 0 spiro atoms. The molecule has 1 fully saturated rings. The summed E-state index contributed by atoms with van der Waals surface area (Å²) in [6.07, 6.45) is 10.6. The van der Waals surface area contributed by atoms with Gasteiger partial charge in [-0.2, -0.15) is 0 Å². The average molecular weight is 864 g/mol. The van der Waals surface area contributed by atoms with Crippen LogP contribution in [0.5, 0.6) is 0 Å². The molecule has 6 rings (SSSR count). The van der Waals surface area contributed by atoms with E-state index in [4.69, 9.17) is 5.11 Å². The van der Waals surface area contributed by atoms with Crippen molar-refractivity contribution in [2.75, 3.05) is 25.8 Å². The molecule has 0 saturated heterocycles. The molecule has 4 aromatic rings. The van der Waals surface area contributed by atoms with Gasteiger partial charge in [-0.15, -0.1) is 0 Å². The molecule has 5 N–H and O–H groups in total. The zero-order valence-electron chi connectivity index (χ0n) is 31.0. The zero-order chi connectivity index (χ0) is 38.2. The fourth-order valence-electron chi connectivity index (χ4n) is 7.59. The van der Waals surface area contributed by atoms with E-state index in [-0.39, 0.29) is 23.3 Å². The van der Waals surface area contributed by atoms with Gasteiger partial charge in [0, 0.05) is 12.2 Å². The number of hydrogen-bond donors (Lipinski definition) is 5. The third-order valence-electron chi connectivity index (χ3n) is 10.8. The van der Waals surface area contributed by atoms with Crippen LogP contribution in [0.15, 0.2) is 72.8 Å². The van der Waals surface area contributed by atoms with E-state index >= 15 is 0 Å². The average Bonchev–Trinajstić information content (AvgIpc) is 3.54. The second-order valence-corrected chi connectivity index (χ2v) is 22.2. The van der Waals surface area contributed by atoms with Crippen molar-refractivity contribution in [2.45, 2.75) is 81.1 Å². The number of rotatable bonds is 15. The third kappa shape index (κ3) is 10.3. The van der Waals surface area contributed by atoms with Gasteiger partial charge in [0.05, 0.1) is 5.56 Å². The Labute approximate surface area is 328 Å². The fraction of sp³-hybridized carbons (Fsp3) is 0.395. The van der Waals surface area contributed by atoms with Gasteiger partial charge in [0.2, 0.25) is 0 Å². The molecule has 286 valence electrons. The minimum absolute atomic E-state index is 0.177. The number of anilines is 3. The van der Waals surface area contributed by atoms with Crippen LogP contribution in [-0.4, -0.2) is 47.8 Å². The molecule has 1 atom stereocenters. The maximum atomic E-state index is 13.9. The van der Waals surface area contributed by atoms with Crippen LogP contribution < -0.4 is 16.0 Å². The summed E-state index contributed by atoms with van der Waals surface area (Å²) in [5, 5.41) is 28.6. The van der Waals surface area contributed by atoms with Gasteiger partial charge in [-0.05, 0) is 42.0 Å². The van der Waals surface area contributed by atoms with Gasteiger partial charge in [0.15, 0.2) is 0 Å². The van der Waals surface area contributed by atoms with Crippen molar-refractivity contribution in [3.8, 4) is 0 Å². The summed E-state index contributed by atoms with van der Waals surface area (Å²) in [6, 6.07) is 22.1. The van der Waals surface area contributed by atoms with Crippen molar-refractivity contribution in [1.82, 2.24) is 0 Å². The predicted octanol–water partition coefficient (Wildman–Crippen LogP) is 9.79. The first-order chi connectivity index (χ1) is 26.0. The molecule has 1 unspecified atom stereocenters. The predicted molar refractivity (Wildman–Crippen MR) is 226 cm³/mol. The van der Waals surface area contributed by atoms with E-state index in [1.807, 2.05) is 42.5 Å². The molecule has 1 saturated carbocycles. The maximum absolute atomic E-state index is 13.9. The fourth-order valence-corrected chi connectivity index (χ4v) is 11.9. The first-order valence-corrected chi connectivity index (χ1v) is 25.2. The van der Waals surface area contributed by atoms with Crippen LogP contribution in [0.4, 0.5) is 16.4 Å². The molecule has 1 heterocycles. The summed E-state index contributed by atoms with van der Waals surface area (Å²) in [5.74, 6) is -1.62. The van der Waals surface area contributed by atoms with Crippen molar-refractivity contribution in [2.24, 2.45) is 11.8 Å². The number of alkyl halides is 3. The van der Waals surface area contributed by atoms with Gasteiger partial charge in [0.1, 0.15) is 0 Å². The molecular formula is C43H50IN3O6S. The number of carbonyl (C=O) groups excluding carboxylic acids is 2. The molecule has 54 heavy (non-hydrogen) atoms. The van der Waals surface area contributed by atoms with Gasteiger partial charge in [0.25, 0.3) is 0 Å². The van der Waals surface area contributed by atoms with Gasteiger partial charge in [-0.1, -0.05) is 12.1 Å². The van der Waals surface area contributed by atoms with E-state index in [0.717, 1.165) is 97.9 Å². The molecule has 2 aliphatic rings. The molecule has 9 nitrogen and oxygen atoms in total. The van der Waals surface area contributed by atoms with Crippen LogP contribution in [0.1, 0.15) is 104 Å². The Kier molecular flexibility index (Phi) is 13.4. The SMILES string of the molecule is CI(C)C(CCC1CCC(C(=O)O)CC1)Cc1cccc(C(=O)Nc2sc3c(c2C(=O)Nc2ccc(CNc4ccc(C(=O)O)cc4)cc2)CCCC3)c1. The van der Waals surface area contributed by atoms with E-state index in [9.17, 15) is 24.3 Å². The topological polar surface area (TPSA) is 145 Å². The van der Waals surface area contributed by atoms with Crippen molar-refractivity contribution >= 4 is 71.3 Å². The number of carboxylic acid groups (broad SMARTS) is 2. The molecule has 0 radical (unpaired) electrons. The standard InChI is InChI=1S/C43H50IN3O6S/c1-44(2)33(19-12-27-10-15-30(16-11-27)42(50)51)25-29-6-5-7-32(24-29)39(48)47-41-38(36-8-3-4-9-37(36)54-41)40(49)46-35-20-13-28(14-21-35)26-45-34-22-17-31(18-23-34)43(52)53/h5-7,13-14,17-18,20-24,27,30,33,45H,3-4,8-12,15-16,19,25-26H2,1-2H3,(H,46,49)(H,47,48)(H,50,51)(H,52,53). The molecule has 3 aromatic carbocycles. The summed E-state index contributed by atoms with van der Waals surface area (Å²) in [5.41, 5.74) is 6.04. The third-order valence-corrected chi connectivity index (χ3v) is 16.6. The minimum atomic E-state index is -1.17. The van der Waals surface area contributed by atoms with E-state index in [0.29, 0.717) is 38.2 Å². The summed E-state index contributed by atoms with van der Waals surface area (Å²) in [6.45, 7) is 0.535. The Balaban J connectivity index is 1.08. The number of thiophene rings is 1. The number of aliphatic carboxylic acids is 1. The van der Waals surface area contributed by atoms with E-state index in [2.05, 4.69) is 31.9 Å². The second-order valence-electron chi connectivity index (χ2n) is 14.7. The molecule has 2 aliphatic carbocycles. The first-order valence-electron chi connectivity index (χ1n) is 18.8. The van der Waals surface area contributed by atoms with Crippen LogP contribution in [0.3, 0.4) is 0 Å². The monoisotopic (exact) mass is 863 g/mol. The van der Waals surface area contributed by atoms with Crippen molar-refractivity contribution < 1.29 is 29.4 Å². The Morgan fingerprint density at radius 1 is 0.796 bits per heavy atom. The quantitative estimate of drug-likeness (QED) is 0.0591. The number of carboxylic acids is 2. The number of nitrogens with one attached hydrogen (secondary N) is 3. The number of benzene rings is 3.